The number of hydrogen-bond acceptors (Lipinski definition) is 5. The van der Waals surface area contributed by atoms with Crippen molar-refractivity contribution in [3.8, 4) is 0 Å². The van der Waals surface area contributed by atoms with Crippen LogP contribution in [0.15, 0.2) is 0 Å². The van der Waals surface area contributed by atoms with Crippen LogP contribution in [0.1, 0.15) is 20.3 Å². The van der Waals surface area contributed by atoms with E-state index in [1.54, 1.807) is 6.92 Å². The molecule has 0 fully saturated rings. The fourth-order valence-corrected chi connectivity index (χ4v) is 1.59. The number of likely N-dealkylation sites (N-methyl/N-ethyl adjacent to an activating group) is 1. The van der Waals surface area contributed by atoms with Gasteiger partial charge in [0.1, 0.15) is 6.61 Å². The maximum Gasteiger partial charge on any atom is 0.332 e. The standard InChI is InChI=1S/C13H28N2O3/c1-5-15(9-7-8-14(3)4)10-11-17-12-13(16)18-6-2/h5-12H2,1-4H3. The fourth-order valence-electron chi connectivity index (χ4n) is 1.59. The maximum absolute atomic E-state index is 11.0. The third-order valence-electron chi connectivity index (χ3n) is 2.60. The van der Waals surface area contributed by atoms with Crippen LogP contribution >= 0.6 is 0 Å². The van der Waals surface area contributed by atoms with E-state index in [1.807, 2.05) is 0 Å². The van der Waals surface area contributed by atoms with Crippen molar-refractivity contribution in [2.45, 2.75) is 20.3 Å². The summed E-state index contributed by atoms with van der Waals surface area (Å²) in [5, 5.41) is 0. The molecule has 0 N–H and O–H groups in total. The van der Waals surface area contributed by atoms with Crippen LogP contribution < -0.4 is 0 Å². The normalized spacial score (nSPS) is 11.2. The van der Waals surface area contributed by atoms with E-state index < -0.39 is 0 Å². The second-order valence-electron chi connectivity index (χ2n) is 4.45. The number of nitrogens with zero attached hydrogens (tertiary/aromatic N) is 2. The van der Waals surface area contributed by atoms with E-state index in [-0.39, 0.29) is 12.6 Å². The number of carbonyl (C=O) groups excluding carboxylic acids is 1. The van der Waals surface area contributed by atoms with Gasteiger partial charge in [0.15, 0.2) is 0 Å². The van der Waals surface area contributed by atoms with Crippen LogP contribution in [-0.4, -0.2) is 75.9 Å². The van der Waals surface area contributed by atoms with Gasteiger partial charge in [-0.25, -0.2) is 4.79 Å². The average molecular weight is 260 g/mol. The Hall–Kier alpha value is -0.650. The Labute approximate surface area is 111 Å². The zero-order valence-electron chi connectivity index (χ0n) is 12.3. The molecule has 0 aromatic heterocycles. The van der Waals surface area contributed by atoms with Gasteiger partial charge in [-0.2, -0.15) is 0 Å². The summed E-state index contributed by atoms with van der Waals surface area (Å²) in [4.78, 5) is 15.6. The number of esters is 1. The van der Waals surface area contributed by atoms with Crippen LogP contribution in [0.4, 0.5) is 0 Å². The minimum absolute atomic E-state index is 0.0586. The molecule has 108 valence electrons. The molecule has 0 atom stereocenters. The highest BCUT2D eigenvalue weighted by atomic mass is 16.6. The lowest BCUT2D eigenvalue weighted by Gasteiger charge is -2.21. The highest BCUT2D eigenvalue weighted by Crippen LogP contribution is 1.93. The molecular weight excluding hydrogens is 232 g/mol. The van der Waals surface area contributed by atoms with Crippen LogP contribution in [0.25, 0.3) is 0 Å². The fraction of sp³-hybridized carbons (Fsp3) is 0.923. The molecule has 0 radical (unpaired) electrons. The lowest BCUT2D eigenvalue weighted by atomic mass is 10.3. The van der Waals surface area contributed by atoms with Gasteiger partial charge in [-0.1, -0.05) is 6.92 Å². The van der Waals surface area contributed by atoms with Crippen LogP contribution in [0, 0.1) is 0 Å². The summed E-state index contributed by atoms with van der Waals surface area (Å²) in [5.41, 5.74) is 0. The van der Waals surface area contributed by atoms with E-state index in [2.05, 4.69) is 30.8 Å². The van der Waals surface area contributed by atoms with Gasteiger partial charge in [-0.05, 0) is 47.1 Å². The van der Waals surface area contributed by atoms with Gasteiger partial charge in [-0.3, -0.25) is 0 Å². The van der Waals surface area contributed by atoms with Crippen LogP contribution in [-0.2, 0) is 14.3 Å². The Morgan fingerprint density at radius 1 is 1.11 bits per heavy atom. The Balaban J connectivity index is 3.52. The van der Waals surface area contributed by atoms with Gasteiger partial charge in [0.05, 0.1) is 13.2 Å². The van der Waals surface area contributed by atoms with E-state index >= 15 is 0 Å². The van der Waals surface area contributed by atoms with E-state index in [1.165, 1.54) is 0 Å². The molecular formula is C13H28N2O3. The Kier molecular flexibility index (Phi) is 11.0. The summed E-state index contributed by atoms with van der Waals surface area (Å²) in [5.74, 6) is -0.284. The van der Waals surface area contributed by atoms with Gasteiger partial charge >= 0.3 is 5.97 Å². The molecule has 0 bridgehead atoms. The van der Waals surface area contributed by atoms with Crippen molar-refractivity contribution in [2.24, 2.45) is 0 Å². The van der Waals surface area contributed by atoms with Crippen molar-refractivity contribution in [2.75, 3.05) is 60.1 Å². The quantitative estimate of drug-likeness (QED) is 0.407. The summed E-state index contributed by atoms with van der Waals surface area (Å²) in [6.07, 6.45) is 1.15. The molecule has 0 spiro atoms. The zero-order valence-corrected chi connectivity index (χ0v) is 12.3. The van der Waals surface area contributed by atoms with Gasteiger partial charge in [0, 0.05) is 6.54 Å². The van der Waals surface area contributed by atoms with E-state index in [0.29, 0.717) is 13.2 Å². The first kappa shape index (κ1) is 17.4. The number of rotatable bonds is 11. The largest absolute Gasteiger partial charge is 0.464 e. The van der Waals surface area contributed by atoms with Gasteiger partial charge in [-0.15, -0.1) is 0 Å². The molecule has 0 amide bonds. The SMILES string of the molecule is CCOC(=O)COCCN(CC)CCCN(C)C. The summed E-state index contributed by atoms with van der Waals surface area (Å²) >= 11 is 0. The predicted octanol–water partition coefficient (Wildman–Crippen LogP) is 0.840. The zero-order chi connectivity index (χ0) is 13.8. The monoisotopic (exact) mass is 260 g/mol. The predicted molar refractivity (Wildman–Crippen MR) is 72.7 cm³/mol. The topological polar surface area (TPSA) is 42.0 Å². The van der Waals surface area contributed by atoms with E-state index in [0.717, 1.165) is 32.6 Å². The molecule has 18 heavy (non-hydrogen) atoms. The third-order valence-corrected chi connectivity index (χ3v) is 2.60. The lowest BCUT2D eigenvalue weighted by Crippen LogP contribution is -2.31. The first-order chi connectivity index (χ1) is 8.60. The second kappa shape index (κ2) is 11.4. The number of ether oxygens (including phenoxy) is 2. The first-order valence-electron chi connectivity index (χ1n) is 6.70. The smallest absolute Gasteiger partial charge is 0.332 e. The molecule has 0 rings (SSSR count). The molecule has 0 aromatic carbocycles. The molecule has 0 aliphatic carbocycles. The lowest BCUT2D eigenvalue weighted by molar-refractivity contribution is -0.148. The number of carbonyl (C=O) groups is 1. The molecule has 0 saturated heterocycles. The molecule has 0 heterocycles. The average Bonchev–Trinajstić information content (AvgIpc) is 2.32. The Bertz CT molecular complexity index is 210. The van der Waals surface area contributed by atoms with Gasteiger partial charge in [0.2, 0.25) is 0 Å². The van der Waals surface area contributed by atoms with Crippen molar-refractivity contribution in [3.63, 3.8) is 0 Å². The highest BCUT2D eigenvalue weighted by molar-refractivity contribution is 5.70. The van der Waals surface area contributed by atoms with Crippen molar-refractivity contribution in [1.29, 1.82) is 0 Å². The highest BCUT2D eigenvalue weighted by Gasteiger charge is 2.04. The molecule has 0 saturated carbocycles. The maximum atomic E-state index is 11.0. The van der Waals surface area contributed by atoms with Crippen molar-refractivity contribution in [1.82, 2.24) is 9.80 Å². The molecule has 0 aliphatic rings. The molecule has 0 aliphatic heterocycles. The Morgan fingerprint density at radius 2 is 1.83 bits per heavy atom. The molecule has 0 aromatic rings. The molecule has 5 heteroatoms. The molecule has 0 unspecified atom stereocenters. The second-order valence-corrected chi connectivity index (χ2v) is 4.45. The van der Waals surface area contributed by atoms with Gasteiger partial charge < -0.3 is 19.3 Å². The van der Waals surface area contributed by atoms with Gasteiger partial charge in [0.25, 0.3) is 0 Å². The third kappa shape index (κ3) is 10.5. The van der Waals surface area contributed by atoms with Crippen LogP contribution in [0.2, 0.25) is 0 Å². The summed E-state index contributed by atoms with van der Waals surface area (Å²) < 4.78 is 10.1. The summed E-state index contributed by atoms with van der Waals surface area (Å²) in [7, 11) is 4.16. The Morgan fingerprint density at radius 3 is 2.39 bits per heavy atom. The van der Waals surface area contributed by atoms with Crippen LogP contribution in [0.5, 0.6) is 0 Å². The minimum Gasteiger partial charge on any atom is -0.464 e. The number of hydrogen-bond donors (Lipinski definition) is 0. The van der Waals surface area contributed by atoms with Crippen molar-refractivity contribution >= 4 is 5.97 Å². The first-order valence-corrected chi connectivity index (χ1v) is 6.70. The minimum atomic E-state index is -0.284. The summed E-state index contributed by atoms with van der Waals surface area (Å²) in [6, 6.07) is 0. The van der Waals surface area contributed by atoms with Crippen LogP contribution in [0.3, 0.4) is 0 Å². The molecule has 5 nitrogen and oxygen atoms in total. The van der Waals surface area contributed by atoms with Crippen molar-refractivity contribution in [3.05, 3.63) is 0 Å². The summed E-state index contributed by atoms with van der Waals surface area (Å²) in [6.45, 7) is 9.02. The van der Waals surface area contributed by atoms with E-state index in [4.69, 9.17) is 9.47 Å². The van der Waals surface area contributed by atoms with E-state index in [9.17, 15) is 4.79 Å². The van der Waals surface area contributed by atoms with Crippen molar-refractivity contribution < 1.29 is 14.3 Å².